The molecule has 0 unspecified atom stereocenters. The largest absolute Gasteiger partial charge is 0.334 e. The zero-order valence-electron chi connectivity index (χ0n) is 10.3. The van der Waals surface area contributed by atoms with Gasteiger partial charge in [-0.1, -0.05) is 0 Å². The van der Waals surface area contributed by atoms with E-state index >= 15 is 0 Å². The van der Waals surface area contributed by atoms with E-state index < -0.39 is 0 Å². The fourth-order valence-corrected chi connectivity index (χ4v) is 1.68. The van der Waals surface area contributed by atoms with Crippen molar-refractivity contribution in [2.24, 2.45) is 7.05 Å². The molecule has 6 heteroatoms. The summed E-state index contributed by atoms with van der Waals surface area (Å²) in [5, 5.41) is 0. The molecule has 2 rings (SSSR count). The zero-order chi connectivity index (χ0) is 12.1. The Balaban J connectivity index is 2.90. The minimum absolute atomic E-state index is 0.0411. The number of aromatic nitrogens is 4. The van der Waals surface area contributed by atoms with E-state index in [1.165, 1.54) is 0 Å². The molecule has 0 atom stereocenters. The third kappa shape index (κ3) is 1.45. The quantitative estimate of drug-likeness (QED) is 0.541. The van der Waals surface area contributed by atoms with Crippen LogP contribution in [-0.4, -0.2) is 26.9 Å². The highest BCUT2D eigenvalue weighted by Gasteiger charge is 2.18. The van der Waals surface area contributed by atoms with E-state index in [0.29, 0.717) is 11.2 Å². The van der Waals surface area contributed by atoms with E-state index in [1.54, 1.807) is 15.5 Å². The van der Waals surface area contributed by atoms with Gasteiger partial charge >= 0.3 is 0 Å². The van der Waals surface area contributed by atoms with E-state index in [0.717, 1.165) is 5.72 Å². The summed E-state index contributed by atoms with van der Waals surface area (Å²) in [5.74, 6) is 0. The smallest absolute Gasteiger partial charge is 0.280 e. The molecule has 0 aliphatic carbocycles. The number of aryl methyl sites for hydroxylation is 1. The lowest BCUT2D eigenvalue weighted by molar-refractivity contribution is 0.381. The molecule has 2 aromatic heterocycles. The molecule has 0 spiro atoms. The molecular formula is C10H15BN4O. The Hall–Kier alpha value is -1.59. The van der Waals surface area contributed by atoms with Gasteiger partial charge in [-0.05, 0) is 20.8 Å². The first-order valence-electron chi connectivity index (χ1n) is 5.23. The minimum Gasteiger partial charge on any atom is -0.334 e. The summed E-state index contributed by atoms with van der Waals surface area (Å²) in [4.78, 5) is 20.7. The molecule has 0 amide bonds. The Labute approximate surface area is 94.5 Å². The van der Waals surface area contributed by atoms with Crippen LogP contribution in [0.2, 0.25) is 0 Å². The molecule has 16 heavy (non-hydrogen) atoms. The van der Waals surface area contributed by atoms with Crippen LogP contribution in [0.1, 0.15) is 20.8 Å². The Morgan fingerprint density at radius 1 is 1.38 bits per heavy atom. The number of nitrogens with zero attached hydrogens (tertiary/aromatic N) is 4. The van der Waals surface area contributed by atoms with Crippen molar-refractivity contribution in [3.05, 3.63) is 16.7 Å². The average molecular weight is 218 g/mol. The van der Waals surface area contributed by atoms with E-state index in [9.17, 15) is 4.79 Å². The minimum atomic E-state index is -0.267. The molecule has 0 aromatic carbocycles. The van der Waals surface area contributed by atoms with E-state index in [4.69, 9.17) is 0 Å². The van der Waals surface area contributed by atoms with Crippen molar-refractivity contribution in [2.45, 2.75) is 26.3 Å². The van der Waals surface area contributed by atoms with Gasteiger partial charge in [-0.25, -0.2) is 9.97 Å². The highest BCUT2D eigenvalue weighted by atomic mass is 16.1. The number of fused-ring (bicyclic) bond motifs is 1. The monoisotopic (exact) mass is 218 g/mol. The third-order valence-electron chi connectivity index (χ3n) is 2.74. The van der Waals surface area contributed by atoms with Crippen LogP contribution >= 0.6 is 0 Å². The molecule has 0 aliphatic rings. The van der Waals surface area contributed by atoms with Crippen molar-refractivity contribution in [3.8, 4) is 0 Å². The first kappa shape index (κ1) is 10.9. The fraction of sp³-hybridized carbons (Fsp3) is 0.500. The highest BCUT2D eigenvalue weighted by Crippen LogP contribution is 2.11. The maximum atomic E-state index is 12.3. The molecule has 0 aliphatic heterocycles. The maximum absolute atomic E-state index is 12.3. The van der Waals surface area contributed by atoms with Crippen molar-refractivity contribution in [1.29, 1.82) is 0 Å². The molecule has 0 fully saturated rings. The van der Waals surface area contributed by atoms with E-state index in [-0.39, 0.29) is 11.1 Å². The van der Waals surface area contributed by atoms with Gasteiger partial charge in [-0.2, -0.15) is 0 Å². The third-order valence-corrected chi connectivity index (χ3v) is 2.74. The topological polar surface area (TPSA) is 52.7 Å². The normalized spacial score (nSPS) is 12.2. The molecule has 84 valence electrons. The summed E-state index contributed by atoms with van der Waals surface area (Å²) in [6, 6.07) is 0. The lowest BCUT2D eigenvalue weighted by Crippen LogP contribution is -2.34. The van der Waals surface area contributed by atoms with Crippen LogP contribution in [0.15, 0.2) is 11.1 Å². The molecule has 0 saturated carbocycles. The van der Waals surface area contributed by atoms with E-state index in [1.807, 2.05) is 35.7 Å². The van der Waals surface area contributed by atoms with Crippen molar-refractivity contribution < 1.29 is 0 Å². The summed E-state index contributed by atoms with van der Waals surface area (Å²) in [6.45, 7) is 5.93. The fourth-order valence-electron chi connectivity index (χ4n) is 1.68. The van der Waals surface area contributed by atoms with E-state index in [2.05, 4.69) is 9.97 Å². The Bertz CT molecular complexity index is 606. The molecule has 0 saturated heterocycles. The number of hydrogen-bond acceptors (Lipinski definition) is 3. The van der Waals surface area contributed by atoms with Gasteiger partial charge in [-0.15, -0.1) is 0 Å². The molecule has 0 radical (unpaired) electrons. The molecule has 2 heterocycles. The lowest BCUT2D eigenvalue weighted by Gasteiger charge is -2.21. The van der Waals surface area contributed by atoms with Crippen LogP contribution in [-0.2, 0) is 12.6 Å². The standard InChI is InChI=1S/C10H15BN4O/c1-10(2,3)15-5-12-7-6(8(15)16)14(4)9(11)13-7/h5H,11H2,1-4H3. The SMILES string of the molecule is Bc1nc2ncn(C(C)(C)C)c(=O)c2n1C. The van der Waals surface area contributed by atoms with Crippen LogP contribution < -0.4 is 11.3 Å². The van der Waals surface area contributed by atoms with Gasteiger partial charge in [0.05, 0.1) is 5.72 Å². The van der Waals surface area contributed by atoms with Gasteiger partial charge in [0.25, 0.3) is 5.56 Å². The lowest BCUT2D eigenvalue weighted by atomic mass is 10.1. The number of imidazole rings is 1. The van der Waals surface area contributed by atoms with Crippen LogP contribution in [0, 0.1) is 0 Å². The summed E-state index contributed by atoms with van der Waals surface area (Å²) in [5.41, 5.74) is 1.57. The van der Waals surface area contributed by atoms with Gasteiger partial charge in [0, 0.05) is 12.6 Å². The Morgan fingerprint density at radius 3 is 2.56 bits per heavy atom. The predicted octanol–water partition coefficient (Wildman–Crippen LogP) is -0.857. The summed E-state index contributed by atoms with van der Waals surface area (Å²) >= 11 is 0. The molecule has 2 aromatic rings. The number of rotatable bonds is 0. The zero-order valence-corrected chi connectivity index (χ0v) is 10.3. The van der Waals surface area contributed by atoms with Crippen molar-refractivity contribution in [3.63, 3.8) is 0 Å². The highest BCUT2D eigenvalue weighted by molar-refractivity contribution is 6.30. The molecule has 0 N–H and O–H groups in total. The molecule has 5 nitrogen and oxygen atoms in total. The van der Waals surface area contributed by atoms with Gasteiger partial charge in [0.15, 0.2) is 19.0 Å². The predicted molar refractivity (Wildman–Crippen MR) is 65.9 cm³/mol. The first-order valence-corrected chi connectivity index (χ1v) is 5.23. The van der Waals surface area contributed by atoms with Gasteiger partial charge in [-0.3, -0.25) is 9.36 Å². The Morgan fingerprint density at radius 2 is 2.00 bits per heavy atom. The second-order valence-electron chi connectivity index (χ2n) is 4.98. The van der Waals surface area contributed by atoms with Crippen LogP contribution in [0.4, 0.5) is 0 Å². The summed E-state index contributed by atoms with van der Waals surface area (Å²) < 4.78 is 3.42. The summed E-state index contributed by atoms with van der Waals surface area (Å²) in [7, 11) is 3.70. The van der Waals surface area contributed by atoms with Crippen molar-refractivity contribution >= 4 is 24.7 Å². The van der Waals surface area contributed by atoms with Crippen LogP contribution in [0.25, 0.3) is 11.2 Å². The number of hydrogen-bond donors (Lipinski definition) is 0. The first-order chi connectivity index (χ1) is 7.32. The van der Waals surface area contributed by atoms with Gasteiger partial charge in [0.2, 0.25) is 0 Å². The van der Waals surface area contributed by atoms with Crippen LogP contribution in [0.5, 0.6) is 0 Å². The average Bonchev–Trinajstić information content (AvgIpc) is 2.41. The van der Waals surface area contributed by atoms with Gasteiger partial charge in [0.1, 0.15) is 6.33 Å². The second kappa shape index (κ2) is 3.20. The molecule has 0 bridgehead atoms. The van der Waals surface area contributed by atoms with Crippen molar-refractivity contribution in [2.75, 3.05) is 0 Å². The maximum Gasteiger partial charge on any atom is 0.280 e. The molecular weight excluding hydrogens is 203 g/mol. The van der Waals surface area contributed by atoms with Gasteiger partial charge < -0.3 is 4.57 Å². The van der Waals surface area contributed by atoms with Crippen molar-refractivity contribution in [1.82, 2.24) is 19.1 Å². The summed E-state index contributed by atoms with van der Waals surface area (Å²) in [6.07, 6.45) is 1.57. The second-order valence-corrected chi connectivity index (χ2v) is 4.98. The Kier molecular flexibility index (Phi) is 2.18. The van der Waals surface area contributed by atoms with Crippen LogP contribution in [0.3, 0.4) is 0 Å².